The first-order chi connectivity index (χ1) is 8.15. The molecular formula is C12H25N3O2. The Morgan fingerprint density at radius 1 is 1.47 bits per heavy atom. The summed E-state index contributed by atoms with van der Waals surface area (Å²) in [7, 11) is 0. The molecule has 0 radical (unpaired) electrons. The van der Waals surface area contributed by atoms with Gasteiger partial charge in [-0.15, -0.1) is 0 Å². The van der Waals surface area contributed by atoms with Gasteiger partial charge in [0.1, 0.15) is 0 Å². The van der Waals surface area contributed by atoms with Crippen LogP contribution in [-0.4, -0.2) is 56.2 Å². The van der Waals surface area contributed by atoms with Gasteiger partial charge in [-0.05, 0) is 5.92 Å². The minimum Gasteiger partial charge on any atom is -0.379 e. The minimum atomic E-state index is -0.385. The molecule has 1 aliphatic rings. The summed E-state index contributed by atoms with van der Waals surface area (Å²) in [6.45, 7) is 9.09. The number of rotatable bonds is 6. The van der Waals surface area contributed by atoms with Crippen molar-refractivity contribution in [2.75, 3.05) is 39.4 Å². The molecule has 1 heterocycles. The number of nitrogens with two attached hydrogens (primary N) is 1. The van der Waals surface area contributed by atoms with E-state index in [2.05, 4.69) is 10.2 Å². The Bertz CT molecular complexity index is 230. The molecule has 5 nitrogen and oxygen atoms in total. The molecule has 1 rings (SSSR count). The van der Waals surface area contributed by atoms with Crippen LogP contribution in [0.3, 0.4) is 0 Å². The standard InChI is InChI=1S/C12H25N3O2/c1-3-10(2)11(13)12(16)14-4-5-15-6-8-17-9-7-15/h10-11H,3-9,13H2,1-2H3,(H,14,16)/t10-,11+/m0/s1. The van der Waals surface area contributed by atoms with Crippen molar-refractivity contribution in [3.05, 3.63) is 0 Å². The summed E-state index contributed by atoms with van der Waals surface area (Å²) in [6.07, 6.45) is 0.929. The van der Waals surface area contributed by atoms with Crippen molar-refractivity contribution in [3.63, 3.8) is 0 Å². The van der Waals surface area contributed by atoms with Crippen molar-refractivity contribution in [3.8, 4) is 0 Å². The van der Waals surface area contributed by atoms with Crippen LogP contribution in [0.5, 0.6) is 0 Å². The van der Waals surface area contributed by atoms with Crippen LogP contribution in [0, 0.1) is 5.92 Å². The van der Waals surface area contributed by atoms with Gasteiger partial charge in [0.05, 0.1) is 19.3 Å². The molecule has 3 N–H and O–H groups in total. The maximum absolute atomic E-state index is 11.7. The third-order valence-electron chi connectivity index (χ3n) is 3.39. The highest BCUT2D eigenvalue weighted by atomic mass is 16.5. The van der Waals surface area contributed by atoms with Gasteiger partial charge in [0.2, 0.25) is 5.91 Å². The first kappa shape index (κ1) is 14.4. The predicted molar refractivity (Wildman–Crippen MR) is 67.7 cm³/mol. The highest BCUT2D eigenvalue weighted by Gasteiger charge is 2.19. The summed E-state index contributed by atoms with van der Waals surface area (Å²) in [5.41, 5.74) is 5.84. The van der Waals surface area contributed by atoms with Crippen molar-refractivity contribution in [1.29, 1.82) is 0 Å². The van der Waals surface area contributed by atoms with E-state index in [0.717, 1.165) is 39.3 Å². The number of nitrogens with one attached hydrogen (secondary N) is 1. The van der Waals surface area contributed by atoms with E-state index >= 15 is 0 Å². The summed E-state index contributed by atoms with van der Waals surface area (Å²) in [5.74, 6) is 0.200. The highest BCUT2D eigenvalue weighted by Crippen LogP contribution is 2.04. The molecule has 0 aromatic carbocycles. The maximum atomic E-state index is 11.7. The van der Waals surface area contributed by atoms with Crippen molar-refractivity contribution in [1.82, 2.24) is 10.2 Å². The van der Waals surface area contributed by atoms with E-state index in [1.54, 1.807) is 0 Å². The molecule has 17 heavy (non-hydrogen) atoms. The topological polar surface area (TPSA) is 67.6 Å². The monoisotopic (exact) mass is 243 g/mol. The van der Waals surface area contributed by atoms with Crippen molar-refractivity contribution >= 4 is 5.91 Å². The second-order valence-electron chi connectivity index (χ2n) is 4.66. The third kappa shape index (κ3) is 5.02. The van der Waals surface area contributed by atoms with Gasteiger partial charge in [0.25, 0.3) is 0 Å². The van der Waals surface area contributed by atoms with Crippen molar-refractivity contribution in [2.45, 2.75) is 26.3 Å². The number of amides is 1. The number of ether oxygens (including phenoxy) is 1. The Hall–Kier alpha value is -0.650. The SMILES string of the molecule is CC[C@H](C)[C@@H](N)C(=O)NCCN1CCOCC1. The summed E-state index contributed by atoms with van der Waals surface area (Å²) in [5, 5.41) is 2.90. The number of nitrogens with zero attached hydrogens (tertiary/aromatic N) is 1. The Morgan fingerprint density at radius 2 is 2.12 bits per heavy atom. The van der Waals surface area contributed by atoms with Gasteiger partial charge in [-0.1, -0.05) is 20.3 Å². The molecule has 5 heteroatoms. The van der Waals surface area contributed by atoms with E-state index in [-0.39, 0.29) is 17.9 Å². The Labute approximate surface area is 104 Å². The molecule has 0 aliphatic carbocycles. The second-order valence-corrected chi connectivity index (χ2v) is 4.66. The third-order valence-corrected chi connectivity index (χ3v) is 3.39. The molecule has 0 saturated carbocycles. The van der Waals surface area contributed by atoms with Crippen LogP contribution in [-0.2, 0) is 9.53 Å². The highest BCUT2D eigenvalue weighted by molar-refractivity contribution is 5.81. The van der Waals surface area contributed by atoms with Crippen LogP contribution in [0.15, 0.2) is 0 Å². The summed E-state index contributed by atoms with van der Waals surface area (Å²) >= 11 is 0. The van der Waals surface area contributed by atoms with Crippen LogP contribution < -0.4 is 11.1 Å². The number of morpholine rings is 1. The van der Waals surface area contributed by atoms with Crippen molar-refractivity contribution in [2.24, 2.45) is 11.7 Å². The summed E-state index contributed by atoms with van der Waals surface area (Å²) in [4.78, 5) is 14.0. The average Bonchev–Trinajstić information content (AvgIpc) is 2.38. The van der Waals surface area contributed by atoms with Gasteiger partial charge in [-0.3, -0.25) is 9.69 Å². The molecule has 0 aromatic heterocycles. The predicted octanol–water partition coefficient (Wildman–Crippen LogP) is -0.192. The van der Waals surface area contributed by atoms with Crippen LogP contribution in [0.4, 0.5) is 0 Å². The normalized spacial score (nSPS) is 20.9. The van der Waals surface area contributed by atoms with E-state index in [9.17, 15) is 4.79 Å². The van der Waals surface area contributed by atoms with E-state index in [0.29, 0.717) is 6.54 Å². The van der Waals surface area contributed by atoms with E-state index < -0.39 is 0 Å². The smallest absolute Gasteiger partial charge is 0.237 e. The molecule has 0 unspecified atom stereocenters. The molecule has 2 atom stereocenters. The molecule has 1 fully saturated rings. The van der Waals surface area contributed by atoms with Crippen molar-refractivity contribution < 1.29 is 9.53 Å². The fraction of sp³-hybridized carbons (Fsp3) is 0.917. The molecule has 0 aromatic rings. The van der Waals surface area contributed by atoms with Crippen LogP contribution >= 0.6 is 0 Å². The van der Waals surface area contributed by atoms with E-state index in [4.69, 9.17) is 10.5 Å². The first-order valence-electron chi connectivity index (χ1n) is 6.48. The Kier molecular flexibility index (Phi) is 6.47. The van der Waals surface area contributed by atoms with Gasteiger partial charge in [0, 0.05) is 26.2 Å². The van der Waals surface area contributed by atoms with Crippen LogP contribution in [0.1, 0.15) is 20.3 Å². The van der Waals surface area contributed by atoms with Gasteiger partial charge in [-0.25, -0.2) is 0 Å². The van der Waals surface area contributed by atoms with E-state index in [1.165, 1.54) is 0 Å². The molecule has 1 aliphatic heterocycles. The summed E-state index contributed by atoms with van der Waals surface area (Å²) in [6, 6.07) is -0.385. The number of carbonyl (C=O) groups excluding carboxylic acids is 1. The molecule has 0 spiro atoms. The second kappa shape index (κ2) is 7.63. The van der Waals surface area contributed by atoms with Crippen LogP contribution in [0.25, 0.3) is 0 Å². The zero-order chi connectivity index (χ0) is 12.7. The molecular weight excluding hydrogens is 218 g/mol. The lowest BCUT2D eigenvalue weighted by atomic mass is 9.99. The lowest BCUT2D eigenvalue weighted by Gasteiger charge is -2.27. The fourth-order valence-corrected chi connectivity index (χ4v) is 1.79. The summed E-state index contributed by atoms with van der Waals surface area (Å²) < 4.78 is 5.26. The van der Waals surface area contributed by atoms with Gasteiger partial charge in [-0.2, -0.15) is 0 Å². The average molecular weight is 243 g/mol. The lowest BCUT2D eigenvalue weighted by Crippen LogP contribution is -2.47. The Morgan fingerprint density at radius 3 is 2.71 bits per heavy atom. The lowest BCUT2D eigenvalue weighted by molar-refractivity contribution is -0.123. The fourth-order valence-electron chi connectivity index (χ4n) is 1.79. The van der Waals surface area contributed by atoms with Crippen LogP contribution in [0.2, 0.25) is 0 Å². The molecule has 0 bridgehead atoms. The first-order valence-corrected chi connectivity index (χ1v) is 6.48. The zero-order valence-corrected chi connectivity index (χ0v) is 10.9. The number of carbonyl (C=O) groups is 1. The number of hydrogen-bond acceptors (Lipinski definition) is 4. The maximum Gasteiger partial charge on any atom is 0.237 e. The van der Waals surface area contributed by atoms with Gasteiger partial charge in [0.15, 0.2) is 0 Å². The van der Waals surface area contributed by atoms with E-state index in [1.807, 2.05) is 13.8 Å². The molecule has 1 saturated heterocycles. The quantitative estimate of drug-likeness (QED) is 0.678. The largest absolute Gasteiger partial charge is 0.379 e. The Balaban J connectivity index is 2.14. The molecule has 100 valence electrons. The zero-order valence-electron chi connectivity index (χ0n) is 10.9. The number of hydrogen-bond donors (Lipinski definition) is 2. The van der Waals surface area contributed by atoms with Gasteiger partial charge < -0.3 is 15.8 Å². The minimum absolute atomic E-state index is 0.0346. The molecule has 1 amide bonds. The van der Waals surface area contributed by atoms with Gasteiger partial charge >= 0.3 is 0 Å².